The summed E-state index contributed by atoms with van der Waals surface area (Å²) in [7, 11) is 0. The fourth-order valence-corrected chi connectivity index (χ4v) is 3.37. The molecule has 1 unspecified atom stereocenters. The number of nitrogens with zero attached hydrogens (tertiary/aromatic N) is 2. The Balaban J connectivity index is 1.70. The molecule has 1 aromatic carbocycles. The topological polar surface area (TPSA) is 20.2 Å². The Morgan fingerprint density at radius 2 is 1.91 bits per heavy atom. The molecule has 3 rings (SSSR count). The van der Waals surface area contributed by atoms with Crippen molar-refractivity contribution >= 4 is 23.0 Å². The largest absolute Gasteiger partial charge is 0.348 e. The van der Waals surface area contributed by atoms with E-state index in [2.05, 4.69) is 78.2 Å². The van der Waals surface area contributed by atoms with Crippen molar-refractivity contribution in [2.24, 2.45) is 0 Å². The van der Waals surface area contributed by atoms with Crippen molar-refractivity contribution in [1.82, 2.24) is 9.47 Å². The first-order valence-electron chi connectivity index (χ1n) is 7.89. The molecule has 0 fully saturated rings. The summed E-state index contributed by atoms with van der Waals surface area (Å²) in [4.78, 5) is 2.26. The van der Waals surface area contributed by atoms with Crippen LogP contribution in [0.25, 0.3) is 0 Å². The van der Waals surface area contributed by atoms with Gasteiger partial charge in [-0.2, -0.15) is 0 Å². The zero-order chi connectivity index (χ0) is 15.7. The molecule has 0 aliphatic carbocycles. The molecule has 116 valence electrons. The van der Waals surface area contributed by atoms with E-state index in [1.54, 1.807) is 0 Å². The van der Waals surface area contributed by atoms with Crippen LogP contribution in [-0.2, 0) is 6.54 Å². The number of aromatic nitrogens is 1. The lowest BCUT2D eigenvalue weighted by Crippen LogP contribution is -2.42. The minimum Gasteiger partial charge on any atom is -0.348 e. The van der Waals surface area contributed by atoms with Crippen molar-refractivity contribution in [3.05, 3.63) is 53.9 Å². The average molecular weight is 313 g/mol. The van der Waals surface area contributed by atoms with Crippen molar-refractivity contribution < 1.29 is 0 Å². The van der Waals surface area contributed by atoms with E-state index in [1.165, 1.54) is 11.3 Å². The third-order valence-corrected chi connectivity index (χ3v) is 4.77. The van der Waals surface area contributed by atoms with E-state index in [-0.39, 0.29) is 0 Å². The quantitative estimate of drug-likeness (QED) is 0.831. The highest BCUT2D eigenvalue weighted by Crippen LogP contribution is 2.26. The van der Waals surface area contributed by atoms with Gasteiger partial charge in [0.2, 0.25) is 0 Å². The zero-order valence-electron chi connectivity index (χ0n) is 13.4. The van der Waals surface area contributed by atoms with E-state index in [4.69, 9.17) is 12.2 Å². The number of benzene rings is 1. The Labute approximate surface area is 137 Å². The molecule has 1 N–H and O–H groups in total. The van der Waals surface area contributed by atoms with Crippen LogP contribution in [0, 0.1) is 0 Å². The van der Waals surface area contributed by atoms with Gasteiger partial charge in [-0.3, -0.25) is 0 Å². The number of hydrogen-bond acceptors (Lipinski definition) is 1. The monoisotopic (exact) mass is 313 g/mol. The molecule has 4 heteroatoms. The van der Waals surface area contributed by atoms with Crippen LogP contribution in [0.5, 0.6) is 0 Å². The summed E-state index contributed by atoms with van der Waals surface area (Å²) in [6.45, 7) is 8.55. The fourth-order valence-electron chi connectivity index (χ4n) is 3.00. The molecular formula is C18H23N3S. The Hall–Kier alpha value is -1.81. The van der Waals surface area contributed by atoms with Crippen molar-refractivity contribution in [2.45, 2.75) is 39.3 Å². The van der Waals surface area contributed by atoms with Gasteiger partial charge in [-0.05, 0) is 54.9 Å². The predicted molar refractivity (Wildman–Crippen MR) is 96.3 cm³/mol. The van der Waals surface area contributed by atoms with Crippen LogP contribution in [0.15, 0.2) is 42.6 Å². The maximum absolute atomic E-state index is 5.63. The van der Waals surface area contributed by atoms with Gasteiger partial charge in [-0.15, -0.1) is 0 Å². The van der Waals surface area contributed by atoms with Gasteiger partial charge in [0.05, 0.1) is 6.04 Å². The third kappa shape index (κ3) is 2.88. The highest BCUT2D eigenvalue weighted by Gasteiger charge is 2.25. The summed E-state index contributed by atoms with van der Waals surface area (Å²) >= 11 is 5.63. The first-order chi connectivity index (χ1) is 10.6. The number of nitrogens with one attached hydrogen (secondary N) is 1. The second-order valence-electron chi connectivity index (χ2n) is 6.20. The average Bonchev–Trinajstić information content (AvgIpc) is 2.97. The number of thiocarbonyl (C=S) groups is 1. The van der Waals surface area contributed by atoms with Crippen LogP contribution >= 0.6 is 12.2 Å². The minimum atomic E-state index is 0.304. The van der Waals surface area contributed by atoms with Crippen LogP contribution in [0.4, 0.5) is 5.69 Å². The normalized spacial score (nSPS) is 17.5. The summed E-state index contributed by atoms with van der Waals surface area (Å²) < 4.78 is 2.31. The van der Waals surface area contributed by atoms with Crippen molar-refractivity contribution in [3.63, 3.8) is 0 Å². The molecule has 1 aliphatic heterocycles. The van der Waals surface area contributed by atoms with Gasteiger partial charge in [-0.1, -0.05) is 26.0 Å². The van der Waals surface area contributed by atoms with Crippen LogP contribution in [0.3, 0.4) is 0 Å². The maximum Gasteiger partial charge on any atom is 0.174 e. The molecule has 2 aromatic rings. The van der Waals surface area contributed by atoms with Crippen molar-refractivity contribution in [3.8, 4) is 0 Å². The Kier molecular flexibility index (Phi) is 4.21. The predicted octanol–water partition coefficient (Wildman–Crippen LogP) is 4.39. The standard InChI is InChI=1S/C18H23N3S/c1-13(2)15-6-8-16(9-7-15)19-18(22)21-12-11-20-10-4-5-17(20)14(21)3/h4-10,13-14H,11-12H2,1-3H3,(H,19,22). The van der Waals surface area contributed by atoms with E-state index in [0.717, 1.165) is 23.9 Å². The minimum absolute atomic E-state index is 0.304. The Bertz CT molecular complexity index is 657. The van der Waals surface area contributed by atoms with Gasteiger partial charge >= 0.3 is 0 Å². The van der Waals surface area contributed by atoms with Gasteiger partial charge in [-0.25, -0.2) is 0 Å². The summed E-state index contributed by atoms with van der Waals surface area (Å²) in [6, 6.07) is 13.1. The molecule has 1 aliphatic rings. The molecule has 0 amide bonds. The number of rotatable bonds is 2. The first kappa shape index (κ1) is 15.1. The van der Waals surface area contributed by atoms with Gasteiger partial charge in [0.1, 0.15) is 0 Å². The van der Waals surface area contributed by atoms with Gasteiger partial charge in [0.25, 0.3) is 0 Å². The van der Waals surface area contributed by atoms with Crippen LogP contribution in [0.2, 0.25) is 0 Å². The lowest BCUT2D eigenvalue weighted by Gasteiger charge is -2.36. The van der Waals surface area contributed by atoms with Gasteiger partial charge in [0.15, 0.2) is 5.11 Å². The second-order valence-corrected chi connectivity index (χ2v) is 6.59. The van der Waals surface area contributed by atoms with E-state index < -0.39 is 0 Å². The van der Waals surface area contributed by atoms with E-state index in [0.29, 0.717) is 12.0 Å². The molecule has 0 bridgehead atoms. The van der Waals surface area contributed by atoms with E-state index >= 15 is 0 Å². The molecule has 0 saturated heterocycles. The lowest BCUT2D eigenvalue weighted by atomic mass is 10.0. The van der Waals surface area contributed by atoms with E-state index in [9.17, 15) is 0 Å². The number of hydrogen-bond donors (Lipinski definition) is 1. The zero-order valence-corrected chi connectivity index (χ0v) is 14.2. The van der Waals surface area contributed by atoms with Crippen LogP contribution in [0.1, 0.15) is 44.0 Å². The van der Waals surface area contributed by atoms with Crippen LogP contribution < -0.4 is 5.32 Å². The van der Waals surface area contributed by atoms with Gasteiger partial charge in [0, 0.05) is 30.7 Å². The lowest BCUT2D eigenvalue weighted by molar-refractivity contribution is 0.276. The number of anilines is 1. The third-order valence-electron chi connectivity index (χ3n) is 4.43. The fraction of sp³-hybridized carbons (Fsp3) is 0.389. The molecular weight excluding hydrogens is 290 g/mol. The SMILES string of the molecule is CC(C)c1ccc(NC(=S)N2CCn3cccc3C2C)cc1. The second kappa shape index (κ2) is 6.13. The number of fused-ring (bicyclic) bond motifs is 1. The summed E-state index contributed by atoms with van der Waals surface area (Å²) in [6.07, 6.45) is 2.14. The van der Waals surface area contributed by atoms with E-state index in [1.807, 2.05) is 0 Å². The Morgan fingerprint density at radius 1 is 1.18 bits per heavy atom. The molecule has 0 spiro atoms. The maximum atomic E-state index is 5.63. The molecule has 0 saturated carbocycles. The summed E-state index contributed by atoms with van der Waals surface area (Å²) in [5.41, 5.74) is 3.73. The smallest absolute Gasteiger partial charge is 0.174 e. The first-order valence-corrected chi connectivity index (χ1v) is 8.29. The highest BCUT2D eigenvalue weighted by atomic mass is 32.1. The highest BCUT2D eigenvalue weighted by molar-refractivity contribution is 7.80. The van der Waals surface area contributed by atoms with Crippen molar-refractivity contribution in [2.75, 3.05) is 11.9 Å². The molecule has 1 aromatic heterocycles. The molecule has 0 radical (unpaired) electrons. The molecule has 2 heterocycles. The molecule has 22 heavy (non-hydrogen) atoms. The Morgan fingerprint density at radius 3 is 2.59 bits per heavy atom. The van der Waals surface area contributed by atoms with Gasteiger partial charge < -0.3 is 14.8 Å². The van der Waals surface area contributed by atoms with Crippen molar-refractivity contribution in [1.29, 1.82) is 0 Å². The van der Waals surface area contributed by atoms with Crippen LogP contribution in [-0.4, -0.2) is 21.1 Å². The molecule has 3 nitrogen and oxygen atoms in total. The summed E-state index contributed by atoms with van der Waals surface area (Å²) in [5.74, 6) is 0.552. The molecule has 1 atom stereocenters. The summed E-state index contributed by atoms with van der Waals surface area (Å²) in [5, 5.41) is 4.18.